The summed E-state index contributed by atoms with van der Waals surface area (Å²) in [6.45, 7) is -1.62. The molecule has 6 rings (SSSR count). The first-order valence-corrected chi connectivity index (χ1v) is 12.8. The fourth-order valence-electron chi connectivity index (χ4n) is 5.25. The van der Waals surface area contributed by atoms with Crippen LogP contribution in [0.2, 0.25) is 5.02 Å². The second kappa shape index (κ2) is 9.12. The quantitative estimate of drug-likeness (QED) is 0.403. The number of hydrogen-bond donors (Lipinski definition) is 3. The summed E-state index contributed by atoms with van der Waals surface area (Å²) < 4.78 is 64.6. The minimum Gasteiger partial charge on any atom is -0.480 e. The normalized spacial score (nSPS) is 23.9. The van der Waals surface area contributed by atoms with Crippen LogP contribution in [-0.4, -0.2) is 63.3 Å². The Morgan fingerprint density at radius 2 is 2.03 bits per heavy atom. The van der Waals surface area contributed by atoms with Gasteiger partial charge >= 0.3 is 5.92 Å². The molecule has 3 aromatic rings. The first-order valence-electron chi connectivity index (χ1n) is 12.5. The van der Waals surface area contributed by atoms with E-state index in [0.29, 0.717) is 29.4 Å². The van der Waals surface area contributed by atoms with Crippen LogP contribution in [0.3, 0.4) is 0 Å². The lowest BCUT2D eigenvalue weighted by molar-refractivity contribution is -0.0579. The molecule has 2 aromatic heterocycles. The summed E-state index contributed by atoms with van der Waals surface area (Å²) in [7, 11) is 1.53. The van der Waals surface area contributed by atoms with Gasteiger partial charge in [0.15, 0.2) is 12.4 Å². The van der Waals surface area contributed by atoms with Crippen LogP contribution in [0, 0.1) is 5.92 Å². The van der Waals surface area contributed by atoms with Crippen LogP contribution in [0.1, 0.15) is 19.3 Å². The number of alkyl halides is 4. The van der Waals surface area contributed by atoms with Gasteiger partial charge < -0.3 is 29.9 Å². The Hall–Kier alpha value is -3.32. The third-order valence-electron chi connectivity index (χ3n) is 7.27. The van der Waals surface area contributed by atoms with Gasteiger partial charge in [-0.3, -0.25) is 4.79 Å². The molecule has 208 valence electrons. The molecule has 1 aromatic carbocycles. The lowest BCUT2D eigenvalue weighted by Gasteiger charge is -2.35. The van der Waals surface area contributed by atoms with E-state index in [1.165, 1.54) is 22.7 Å². The van der Waals surface area contributed by atoms with E-state index in [9.17, 15) is 27.5 Å². The summed E-state index contributed by atoms with van der Waals surface area (Å²) in [5.41, 5.74) is 0.575. The van der Waals surface area contributed by atoms with Crippen molar-refractivity contribution < 1.29 is 27.4 Å². The van der Waals surface area contributed by atoms with Gasteiger partial charge in [-0.15, -0.1) is 0 Å². The van der Waals surface area contributed by atoms with Gasteiger partial charge in [-0.25, -0.2) is 22.5 Å². The lowest BCUT2D eigenvalue weighted by Crippen LogP contribution is -2.50. The summed E-state index contributed by atoms with van der Waals surface area (Å²) in [4.78, 5) is 22.5. The summed E-state index contributed by atoms with van der Waals surface area (Å²) in [6.07, 6.45) is 0.699. The lowest BCUT2D eigenvalue weighted by atomic mass is 10.0. The maximum atomic E-state index is 14.9. The predicted octanol–water partition coefficient (Wildman–Crippen LogP) is 4.15. The van der Waals surface area contributed by atoms with Crippen LogP contribution in [0.5, 0.6) is 5.75 Å². The average Bonchev–Trinajstić information content (AvgIpc) is 3.70. The van der Waals surface area contributed by atoms with E-state index in [2.05, 4.69) is 20.6 Å². The molecule has 1 aliphatic carbocycles. The number of fused-ring (bicyclic) bond motifs is 3. The molecule has 0 spiro atoms. The number of aromatic nitrogens is 3. The molecule has 1 saturated carbocycles. The Morgan fingerprint density at radius 3 is 2.74 bits per heavy atom. The number of β-amino-alcohol motifs (C(OH)–C–C–N with tert-alkyl or cyclic N) is 1. The van der Waals surface area contributed by atoms with E-state index in [-0.39, 0.29) is 40.7 Å². The first-order chi connectivity index (χ1) is 18.4. The fraction of sp³-hybridized carbons (Fsp3) is 0.480. The van der Waals surface area contributed by atoms with Crippen LogP contribution in [0.15, 0.2) is 29.2 Å². The Balaban J connectivity index is 1.38. The van der Waals surface area contributed by atoms with Crippen molar-refractivity contribution >= 4 is 45.6 Å². The molecule has 3 N–H and O–H groups in total. The summed E-state index contributed by atoms with van der Waals surface area (Å²) in [6, 6.07) is 3.76. The van der Waals surface area contributed by atoms with Crippen LogP contribution in [-0.2, 0) is 7.05 Å². The third-order valence-corrected chi connectivity index (χ3v) is 7.55. The SMILES string of the molecule is Cn1c(=O)c2c(c3cc(Nc4nc(N5CC(O)CC(F)(F)C5)ncc4Cl)ccc31)N[C@@H](C1CC1)C(F)(F)CO2. The van der Waals surface area contributed by atoms with Crippen molar-refractivity contribution in [3.63, 3.8) is 0 Å². The standard InChI is InChI=1S/C25H25ClF4N6O3/c1-35-17-5-4-13(32-21-16(26)8-31-23(34-21)36-9-14(37)7-24(27,28)10-36)6-15(17)18-19(22(35)38)39-11-25(29,30)20(33-18)12-2-3-12/h4-6,8,12,14,20,33,37H,2-3,7,9-11H2,1H3,(H,31,32,34)/t14?,20-/m0/s1. The molecule has 39 heavy (non-hydrogen) atoms. The second-order valence-electron chi connectivity index (χ2n) is 10.4. The number of benzene rings is 1. The summed E-state index contributed by atoms with van der Waals surface area (Å²) >= 11 is 6.30. The highest BCUT2D eigenvalue weighted by molar-refractivity contribution is 6.33. The van der Waals surface area contributed by atoms with Crippen molar-refractivity contribution in [3.05, 3.63) is 39.8 Å². The van der Waals surface area contributed by atoms with E-state index in [1.54, 1.807) is 18.2 Å². The maximum absolute atomic E-state index is 14.9. The zero-order valence-corrected chi connectivity index (χ0v) is 21.5. The topological polar surface area (TPSA) is 105 Å². The zero-order valence-electron chi connectivity index (χ0n) is 20.7. The van der Waals surface area contributed by atoms with Gasteiger partial charge in [0.05, 0.1) is 36.1 Å². The van der Waals surface area contributed by atoms with Crippen molar-refractivity contribution in [2.24, 2.45) is 13.0 Å². The highest BCUT2D eigenvalue weighted by Crippen LogP contribution is 2.45. The van der Waals surface area contributed by atoms with Crippen molar-refractivity contribution in [1.82, 2.24) is 14.5 Å². The van der Waals surface area contributed by atoms with Gasteiger partial charge in [0.1, 0.15) is 5.02 Å². The first kappa shape index (κ1) is 25.9. The van der Waals surface area contributed by atoms with Gasteiger partial charge in [-0.1, -0.05) is 11.6 Å². The minimum absolute atomic E-state index is 0.0399. The molecule has 9 nitrogen and oxygen atoms in total. The average molecular weight is 569 g/mol. The zero-order chi connectivity index (χ0) is 27.7. The molecular weight excluding hydrogens is 544 g/mol. The number of nitrogens with zero attached hydrogens (tertiary/aromatic N) is 4. The number of hydrogen-bond acceptors (Lipinski definition) is 8. The van der Waals surface area contributed by atoms with E-state index < -0.39 is 49.1 Å². The van der Waals surface area contributed by atoms with Gasteiger partial charge in [-0.2, -0.15) is 4.98 Å². The Labute approximate surface area is 224 Å². The minimum atomic E-state index is -3.17. The van der Waals surface area contributed by atoms with Gasteiger partial charge in [0.25, 0.3) is 11.5 Å². The Kier molecular flexibility index (Phi) is 6.06. The molecule has 2 aliphatic heterocycles. The molecule has 4 heterocycles. The number of halogens is 5. The number of piperidine rings is 1. The van der Waals surface area contributed by atoms with Crippen LogP contribution in [0.25, 0.3) is 10.9 Å². The third kappa shape index (κ3) is 4.82. The van der Waals surface area contributed by atoms with E-state index >= 15 is 0 Å². The molecule has 0 amide bonds. The van der Waals surface area contributed by atoms with Gasteiger partial charge in [0.2, 0.25) is 11.7 Å². The molecule has 0 radical (unpaired) electrons. The second-order valence-corrected chi connectivity index (χ2v) is 10.8. The monoisotopic (exact) mass is 568 g/mol. The molecule has 1 saturated heterocycles. The van der Waals surface area contributed by atoms with Crippen molar-refractivity contribution in [1.29, 1.82) is 0 Å². The molecule has 14 heteroatoms. The van der Waals surface area contributed by atoms with E-state index in [4.69, 9.17) is 16.3 Å². The molecular formula is C25H25ClF4N6O3. The van der Waals surface area contributed by atoms with Gasteiger partial charge in [0, 0.05) is 31.1 Å². The molecule has 1 unspecified atom stereocenters. The number of nitrogens with one attached hydrogen (secondary N) is 2. The number of rotatable bonds is 4. The molecule has 3 aliphatic rings. The van der Waals surface area contributed by atoms with Crippen molar-refractivity contribution in [3.8, 4) is 5.75 Å². The number of ether oxygens (including phenoxy) is 1. The van der Waals surface area contributed by atoms with Crippen LogP contribution < -0.4 is 25.8 Å². The number of anilines is 4. The van der Waals surface area contributed by atoms with Crippen LogP contribution in [0.4, 0.5) is 40.7 Å². The largest absolute Gasteiger partial charge is 0.480 e. The molecule has 2 fully saturated rings. The summed E-state index contributed by atoms with van der Waals surface area (Å²) in [5, 5.41) is 16.4. The van der Waals surface area contributed by atoms with Crippen LogP contribution >= 0.6 is 11.6 Å². The van der Waals surface area contributed by atoms with Gasteiger partial charge in [-0.05, 0) is 37.0 Å². The number of aliphatic hydroxyl groups is 1. The van der Waals surface area contributed by atoms with E-state index in [1.807, 2.05) is 0 Å². The highest BCUT2D eigenvalue weighted by atomic mass is 35.5. The Morgan fingerprint density at radius 1 is 1.26 bits per heavy atom. The molecule has 0 bridgehead atoms. The molecule has 2 atom stereocenters. The van der Waals surface area contributed by atoms with Crippen molar-refractivity contribution in [2.75, 3.05) is 35.2 Å². The maximum Gasteiger partial charge on any atom is 0.301 e. The summed E-state index contributed by atoms with van der Waals surface area (Å²) in [5.74, 6) is -6.61. The smallest absolute Gasteiger partial charge is 0.301 e. The number of aryl methyl sites for hydroxylation is 1. The fourth-order valence-corrected chi connectivity index (χ4v) is 5.38. The van der Waals surface area contributed by atoms with E-state index in [0.717, 1.165) is 0 Å². The number of pyridine rings is 1. The highest BCUT2D eigenvalue weighted by Gasteiger charge is 2.51. The predicted molar refractivity (Wildman–Crippen MR) is 138 cm³/mol. The Bertz CT molecular complexity index is 1520. The number of aliphatic hydroxyl groups excluding tert-OH is 1. The van der Waals surface area contributed by atoms with Crippen molar-refractivity contribution in [2.45, 2.75) is 43.3 Å².